The van der Waals surface area contributed by atoms with Crippen molar-refractivity contribution < 1.29 is 14.3 Å². The molecule has 2 aromatic heterocycles. The normalized spacial score (nSPS) is 14.5. The van der Waals surface area contributed by atoms with Crippen LogP contribution in [0.25, 0.3) is 11.3 Å². The van der Waals surface area contributed by atoms with Gasteiger partial charge >= 0.3 is 0 Å². The van der Waals surface area contributed by atoms with Crippen LogP contribution in [-0.4, -0.2) is 66.1 Å². The highest BCUT2D eigenvalue weighted by Gasteiger charge is 2.27. The lowest BCUT2D eigenvalue weighted by Gasteiger charge is -2.25. The van der Waals surface area contributed by atoms with Gasteiger partial charge in [-0.25, -0.2) is 15.0 Å². The second-order valence-corrected chi connectivity index (χ2v) is 9.77. The molecule has 4 aromatic rings. The summed E-state index contributed by atoms with van der Waals surface area (Å²) in [5, 5.41) is 6.23. The number of nitrogens with zero attached hydrogens (tertiary/aromatic N) is 5. The standard InChI is InChI=1S/C31H33N7O3/c1-5-29(39)34-24-18-25(28(40-4)19-26(24)38-17-14-21(20-38)37(2)3)36-31-33-16-13-23(35-31)22-10-6-7-11-27(22)41-30-12-8-9-15-32-30/h5-13,15-16,18-19,21H,1,14,17,20H2,2-4H3,(H,34,39)(H,33,35,36)/t21-/m1/s1. The summed E-state index contributed by atoms with van der Waals surface area (Å²) in [6.45, 7) is 5.31. The molecule has 10 heteroatoms. The number of carbonyl (C=O) groups is 1. The first-order valence-electron chi connectivity index (χ1n) is 13.3. The van der Waals surface area contributed by atoms with Gasteiger partial charge in [-0.2, -0.15) is 0 Å². The van der Waals surface area contributed by atoms with Crippen LogP contribution in [0.5, 0.6) is 17.4 Å². The maximum atomic E-state index is 12.4. The monoisotopic (exact) mass is 551 g/mol. The number of nitrogens with one attached hydrogen (secondary N) is 2. The lowest BCUT2D eigenvalue weighted by molar-refractivity contribution is -0.111. The zero-order valence-corrected chi connectivity index (χ0v) is 23.4. The van der Waals surface area contributed by atoms with Crippen molar-refractivity contribution in [3.63, 3.8) is 0 Å². The fourth-order valence-corrected chi connectivity index (χ4v) is 4.74. The van der Waals surface area contributed by atoms with Crippen molar-refractivity contribution in [1.82, 2.24) is 19.9 Å². The average Bonchev–Trinajstić information content (AvgIpc) is 3.49. The van der Waals surface area contributed by atoms with Crippen molar-refractivity contribution in [2.75, 3.05) is 49.8 Å². The number of likely N-dealkylation sites (N-methyl/N-ethyl adjacent to an activating group) is 1. The number of aromatic nitrogens is 3. The highest BCUT2D eigenvalue weighted by molar-refractivity contribution is 6.02. The molecule has 0 bridgehead atoms. The van der Waals surface area contributed by atoms with Crippen molar-refractivity contribution in [2.24, 2.45) is 0 Å². The smallest absolute Gasteiger partial charge is 0.247 e. The molecular formula is C31H33N7O3. The van der Waals surface area contributed by atoms with Gasteiger partial charge in [0.25, 0.3) is 0 Å². The van der Waals surface area contributed by atoms with E-state index in [-0.39, 0.29) is 5.91 Å². The minimum absolute atomic E-state index is 0.298. The molecule has 1 saturated heterocycles. The summed E-state index contributed by atoms with van der Waals surface area (Å²) >= 11 is 0. The molecule has 2 N–H and O–H groups in total. The zero-order valence-electron chi connectivity index (χ0n) is 23.4. The Labute approximate surface area is 239 Å². The van der Waals surface area contributed by atoms with Gasteiger partial charge in [-0.15, -0.1) is 0 Å². The Morgan fingerprint density at radius 3 is 2.61 bits per heavy atom. The Bertz CT molecular complexity index is 1530. The van der Waals surface area contributed by atoms with Gasteiger partial charge < -0.3 is 29.9 Å². The van der Waals surface area contributed by atoms with Crippen molar-refractivity contribution in [3.05, 3.63) is 85.7 Å². The van der Waals surface area contributed by atoms with E-state index in [9.17, 15) is 4.79 Å². The number of methoxy groups -OCH3 is 1. The molecule has 0 radical (unpaired) electrons. The quantitative estimate of drug-likeness (QED) is 0.253. The number of benzene rings is 2. The summed E-state index contributed by atoms with van der Waals surface area (Å²) in [4.78, 5) is 30.3. The molecule has 2 aromatic carbocycles. The summed E-state index contributed by atoms with van der Waals surface area (Å²) in [6, 6.07) is 19.1. The molecule has 41 heavy (non-hydrogen) atoms. The molecule has 210 valence electrons. The van der Waals surface area contributed by atoms with E-state index >= 15 is 0 Å². The first-order valence-corrected chi connectivity index (χ1v) is 13.3. The third-order valence-corrected chi connectivity index (χ3v) is 6.91. The zero-order chi connectivity index (χ0) is 28.8. The SMILES string of the molecule is C=CC(=O)Nc1cc(Nc2nccc(-c3ccccc3Oc3ccccn3)n2)c(OC)cc1N1CC[C@@H](N(C)C)C1. The third-order valence-electron chi connectivity index (χ3n) is 6.91. The van der Waals surface area contributed by atoms with Gasteiger partial charge in [-0.05, 0) is 56.9 Å². The van der Waals surface area contributed by atoms with Crippen molar-refractivity contribution in [2.45, 2.75) is 12.5 Å². The molecule has 0 aliphatic carbocycles. The summed E-state index contributed by atoms with van der Waals surface area (Å²) in [7, 11) is 5.78. The number of ether oxygens (including phenoxy) is 2. The van der Waals surface area contributed by atoms with Crippen molar-refractivity contribution >= 4 is 28.9 Å². The van der Waals surface area contributed by atoms with E-state index in [1.807, 2.05) is 54.6 Å². The van der Waals surface area contributed by atoms with Gasteiger partial charge in [0.1, 0.15) is 11.5 Å². The second kappa shape index (κ2) is 12.5. The van der Waals surface area contributed by atoms with Gasteiger partial charge in [0.05, 0.1) is 29.9 Å². The Morgan fingerprint density at radius 2 is 1.88 bits per heavy atom. The van der Waals surface area contributed by atoms with E-state index in [1.54, 1.807) is 25.6 Å². The Balaban J connectivity index is 1.46. The van der Waals surface area contributed by atoms with Crippen LogP contribution in [-0.2, 0) is 4.79 Å². The van der Waals surface area contributed by atoms with Crippen LogP contribution in [0.2, 0.25) is 0 Å². The number of hydrogen-bond donors (Lipinski definition) is 2. The van der Waals surface area contributed by atoms with Crippen LogP contribution in [0.4, 0.5) is 23.0 Å². The molecular weight excluding hydrogens is 518 g/mol. The van der Waals surface area contributed by atoms with Crippen molar-refractivity contribution in [1.29, 1.82) is 0 Å². The third kappa shape index (κ3) is 6.44. The van der Waals surface area contributed by atoms with Crippen LogP contribution in [0.15, 0.2) is 85.7 Å². The summed E-state index contributed by atoms with van der Waals surface area (Å²) in [5.41, 5.74) is 3.57. The van der Waals surface area contributed by atoms with Gasteiger partial charge in [0.15, 0.2) is 0 Å². The number of anilines is 4. The summed E-state index contributed by atoms with van der Waals surface area (Å²) < 4.78 is 11.8. The van der Waals surface area contributed by atoms with Crippen LogP contribution < -0.4 is 25.0 Å². The molecule has 5 rings (SSSR count). The van der Waals surface area contributed by atoms with Crippen LogP contribution in [0.1, 0.15) is 6.42 Å². The number of para-hydroxylation sites is 1. The first-order chi connectivity index (χ1) is 19.9. The van der Waals surface area contributed by atoms with Gasteiger partial charge in [0, 0.05) is 49.2 Å². The van der Waals surface area contributed by atoms with Crippen LogP contribution in [0, 0.1) is 0 Å². The molecule has 1 amide bonds. The lowest BCUT2D eigenvalue weighted by Crippen LogP contribution is -2.31. The minimum atomic E-state index is -0.298. The summed E-state index contributed by atoms with van der Waals surface area (Å²) in [6.07, 6.45) is 5.63. The number of carbonyl (C=O) groups excluding carboxylic acids is 1. The maximum absolute atomic E-state index is 12.4. The van der Waals surface area contributed by atoms with Crippen LogP contribution >= 0.6 is 0 Å². The molecule has 0 spiro atoms. The molecule has 0 unspecified atom stereocenters. The maximum Gasteiger partial charge on any atom is 0.247 e. The van der Waals surface area contributed by atoms with Crippen molar-refractivity contribution in [3.8, 4) is 28.6 Å². The molecule has 1 fully saturated rings. The fraction of sp³-hybridized carbons (Fsp3) is 0.226. The Morgan fingerprint density at radius 1 is 1.05 bits per heavy atom. The van der Waals surface area contributed by atoms with E-state index in [0.717, 1.165) is 30.8 Å². The Kier molecular flexibility index (Phi) is 8.40. The molecule has 1 aliphatic rings. The molecule has 10 nitrogen and oxygen atoms in total. The predicted octanol–water partition coefficient (Wildman–Crippen LogP) is 5.35. The van der Waals surface area contributed by atoms with Gasteiger partial charge in [-0.3, -0.25) is 4.79 Å². The second-order valence-electron chi connectivity index (χ2n) is 9.77. The largest absolute Gasteiger partial charge is 0.494 e. The number of hydrogen-bond acceptors (Lipinski definition) is 9. The van der Waals surface area contributed by atoms with Gasteiger partial charge in [0.2, 0.25) is 17.7 Å². The number of rotatable bonds is 10. The lowest BCUT2D eigenvalue weighted by atomic mass is 10.1. The predicted molar refractivity (Wildman–Crippen MR) is 161 cm³/mol. The molecule has 3 heterocycles. The number of pyridine rings is 1. The van der Waals surface area contributed by atoms with E-state index < -0.39 is 0 Å². The highest BCUT2D eigenvalue weighted by Crippen LogP contribution is 2.40. The average molecular weight is 552 g/mol. The first kappa shape index (κ1) is 27.6. The van der Waals surface area contributed by atoms with E-state index in [0.29, 0.717) is 46.4 Å². The minimum Gasteiger partial charge on any atom is -0.494 e. The van der Waals surface area contributed by atoms with E-state index in [4.69, 9.17) is 14.5 Å². The highest BCUT2D eigenvalue weighted by atomic mass is 16.5. The molecule has 1 aliphatic heterocycles. The topological polar surface area (TPSA) is 105 Å². The Hall–Kier alpha value is -4.96. The van der Waals surface area contributed by atoms with Gasteiger partial charge in [-0.1, -0.05) is 24.8 Å². The number of amides is 1. The van der Waals surface area contributed by atoms with E-state index in [2.05, 4.69) is 51.1 Å². The summed E-state index contributed by atoms with van der Waals surface area (Å²) in [5.74, 6) is 1.76. The van der Waals surface area contributed by atoms with Crippen LogP contribution in [0.3, 0.4) is 0 Å². The molecule has 0 saturated carbocycles. The fourth-order valence-electron chi connectivity index (χ4n) is 4.74. The van der Waals surface area contributed by atoms with E-state index in [1.165, 1.54) is 6.08 Å². The molecule has 1 atom stereocenters.